The second-order valence-electron chi connectivity index (χ2n) is 3.95. The van der Waals surface area contributed by atoms with Crippen molar-refractivity contribution in [3.05, 3.63) is 0 Å². The third kappa shape index (κ3) is 2.96. The van der Waals surface area contributed by atoms with Crippen LogP contribution in [0.3, 0.4) is 0 Å². The number of amidine groups is 1. The summed E-state index contributed by atoms with van der Waals surface area (Å²) in [7, 11) is 2.01. The van der Waals surface area contributed by atoms with Gasteiger partial charge in [-0.3, -0.25) is 10.3 Å². The summed E-state index contributed by atoms with van der Waals surface area (Å²) < 4.78 is 5.55. The zero-order chi connectivity index (χ0) is 10.6. The first-order chi connectivity index (χ1) is 6.65. The molecule has 1 aliphatic rings. The number of likely N-dealkylation sites (N-methyl/N-ethyl adjacent to an activating group) is 1. The van der Waals surface area contributed by atoms with Gasteiger partial charge in [-0.2, -0.15) is 0 Å². The quantitative estimate of drug-likeness (QED) is 0.509. The molecular weight excluding hydrogens is 178 g/mol. The van der Waals surface area contributed by atoms with E-state index < -0.39 is 0 Å². The Hall–Kier alpha value is -0.610. The second-order valence-corrected chi connectivity index (χ2v) is 3.95. The number of nitrogens with two attached hydrogens (primary N) is 1. The van der Waals surface area contributed by atoms with E-state index in [0.29, 0.717) is 6.10 Å². The smallest absolute Gasteiger partial charge is 0.108 e. The topological polar surface area (TPSA) is 62.3 Å². The van der Waals surface area contributed by atoms with E-state index in [9.17, 15) is 0 Å². The van der Waals surface area contributed by atoms with Crippen LogP contribution in [0.4, 0.5) is 0 Å². The van der Waals surface area contributed by atoms with Gasteiger partial charge >= 0.3 is 0 Å². The minimum Gasteiger partial charge on any atom is -0.386 e. The summed E-state index contributed by atoms with van der Waals surface area (Å²) in [5, 5.41) is 7.45. The van der Waals surface area contributed by atoms with Crippen molar-refractivity contribution < 1.29 is 4.74 Å². The van der Waals surface area contributed by atoms with Gasteiger partial charge in [0.25, 0.3) is 0 Å². The van der Waals surface area contributed by atoms with Gasteiger partial charge in [0, 0.05) is 13.2 Å². The van der Waals surface area contributed by atoms with Crippen LogP contribution in [0.1, 0.15) is 26.2 Å². The summed E-state index contributed by atoms with van der Waals surface area (Å²) in [6.07, 6.45) is 3.53. The minimum atomic E-state index is 0.0687. The Balaban J connectivity index is 2.37. The summed E-state index contributed by atoms with van der Waals surface area (Å²) in [5.74, 6) is 0.257. The van der Waals surface area contributed by atoms with E-state index in [1.807, 2.05) is 7.05 Å². The van der Waals surface area contributed by atoms with Crippen LogP contribution in [0.2, 0.25) is 0 Å². The highest BCUT2D eigenvalue weighted by molar-refractivity contribution is 5.82. The molecule has 14 heavy (non-hydrogen) atoms. The highest BCUT2D eigenvalue weighted by Gasteiger charge is 2.22. The van der Waals surface area contributed by atoms with Gasteiger partial charge in [0.15, 0.2) is 0 Å². The maximum atomic E-state index is 7.45. The third-order valence-corrected chi connectivity index (χ3v) is 2.79. The first-order valence-electron chi connectivity index (χ1n) is 5.31. The first kappa shape index (κ1) is 11.5. The fourth-order valence-electron chi connectivity index (χ4n) is 2.01. The molecule has 0 amide bonds. The molecule has 0 aromatic rings. The maximum absolute atomic E-state index is 7.45. The molecule has 0 saturated carbocycles. The van der Waals surface area contributed by atoms with Gasteiger partial charge in [0.2, 0.25) is 0 Å². The van der Waals surface area contributed by atoms with Crippen molar-refractivity contribution in [2.75, 3.05) is 20.2 Å². The van der Waals surface area contributed by atoms with Crippen LogP contribution in [0.25, 0.3) is 0 Å². The predicted octanol–water partition coefficient (Wildman–Crippen LogP) is 0.812. The highest BCUT2D eigenvalue weighted by atomic mass is 16.5. The van der Waals surface area contributed by atoms with Crippen LogP contribution in [0, 0.1) is 5.41 Å². The fraction of sp³-hybridized carbons (Fsp3) is 0.900. The molecular formula is C10H21N3O. The fourth-order valence-corrected chi connectivity index (χ4v) is 2.01. The standard InChI is InChI=1S/C10H21N3O/c1-3-9(10(11)12)13(2)7-8-5-4-6-14-8/h8-9H,3-7H2,1-2H3,(H3,11,12). The lowest BCUT2D eigenvalue weighted by Crippen LogP contribution is -2.44. The van der Waals surface area contributed by atoms with E-state index in [1.165, 1.54) is 0 Å². The number of hydrogen-bond donors (Lipinski definition) is 2. The Morgan fingerprint density at radius 3 is 2.86 bits per heavy atom. The normalized spacial score (nSPS) is 24.1. The Labute approximate surface area is 85.9 Å². The molecule has 1 heterocycles. The molecule has 82 valence electrons. The molecule has 1 saturated heterocycles. The zero-order valence-electron chi connectivity index (χ0n) is 9.12. The van der Waals surface area contributed by atoms with Crippen LogP contribution in [-0.2, 0) is 4.74 Å². The van der Waals surface area contributed by atoms with E-state index in [-0.39, 0.29) is 11.9 Å². The van der Waals surface area contributed by atoms with E-state index in [2.05, 4.69) is 11.8 Å². The van der Waals surface area contributed by atoms with Crippen molar-refractivity contribution in [1.29, 1.82) is 5.41 Å². The molecule has 4 heteroatoms. The van der Waals surface area contributed by atoms with Crippen molar-refractivity contribution in [3.63, 3.8) is 0 Å². The molecule has 0 aromatic heterocycles. The van der Waals surface area contributed by atoms with E-state index in [1.54, 1.807) is 0 Å². The molecule has 2 atom stereocenters. The molecule has 0 aliphatic carbocycles. The molecule has 1 fully saturated rings. The van der Waals surface area contributed by atoms with Gasteiger partial charge in [0.05, 0.1) is 12.1 Å². The summed E-state index contributed by atoms with van der Waals surface area (Å²) in [5.41, 5.74) is 5.52. The molecule has 0 spiro atoms. The molecule has 0 bridgehead atoms. The zero-order valence-corrected chi connectivity index (χ0v) is 9.12. The Morgan fingerprint density at radius 2 is 2.43 bits per heavy atom. The molecule has 0 aromatic carbocycles. The number of nitrogens with one attached hydrogen (secondary N) is 1. The number of hydrogen-bond acceptors (Lipinski definition) is 3. The van der Waals surface area contributed by atoms with Crippen LogP contribution in [0.5, 0.6) is 0 Å². The van der Waals surface area contributed by atoms with Crippen LogP contribution >= 0.6 is 0 Å². The summed E-state index contributed by atoms with van der Waals surface area (Å²) >= 11 is 0. The Kier molecular flexibility index (Phi) is 4.35. The average Bonchev–Trinajstić information content (AvgIpc) is 2.57. The van der Waals surface area contributed by atoms with Crippen LogP contribution in [0.15, 0.2) is 0 Å². The Bertz CT molecular complexity index is 190. The second kappa shape index (κ2) is 5.32. The molecule has 2 unspecified atom stereocenters. The molecule has 4 nitrogen and oxygen atoms in total. The van der Waals surface area contributed by atoms with Crippen LogP contribution < -0.4 is 5.73 Å². The van der Waals surface area contributed by atoms with Gasteiger partial charge in [0.1, 0.15) is 5.84 Å². The highest BCUT2D eigenvalue weighted by Crippen LogP contribution is 2.14. The van der Waals surface area contributed by atoms with Crippen molar-refractivity contribution in [2.45, 2.75) is 38.3 Å². The van der Waals surface area contributed by atoms with Crippen molar-refractivity contribution in [2.24, 2.45) is 5.73 Å². The van der Waals surface area contributed by atoms with Gasteiger partial charge in [-0.25, -0.2) is 0 Å². The monoisotopic (exact) mass is 199 g/mol. The van der Waals surface area contributed by atoms with Gasteiger partial charge in [-0.1, -0.05) is 6.92 Å². The summed E-state index contributed by atoms with van der Waals surface area (Å²) in [4.78, 5) is 2.12. The van der Waals surface area contributed by atoms with Crippen LogP contribution in [-0.4, -0.2) is 43.1 Å². The summed E-state index contributed by atoms with van der Waals surface area (Å²) in [6.45, 7) is 3.82. The SMILES string of the molecule is CCC(C(=N)N)N(C)CC1CCCO1. The third-order valence-electron chi connectivity index (χ3n) is 2.79. The molecule has 3 N–H and O–H groups in total. The van der Waals surface area contributed by atoms with Gasteiger partial charge < -0.3 is 10.5 Å². The Morgan fingerprint density at radius 1 is 1.71 bits per heavy atom. The molecule has 1 aliphatic heterocycles. The lowest BCUT2D eigenvalue weighted by molar-refractivity contribution is 0.0755. The number of nitrogens with zero attached hydrogens (tertiary/aromatic N) is 1. The van der Waals surface area contributed by atoms with Crippen molar-refractivity contribution >= 4 is 5.84 Å². The van der Waals surface area contributed by atoms with E-state index in [4.69, 9.17) is 15.9 Å². The largest absolute Gasteiger partial charge is 0.386 e. The minimum absolute atomic E-state index is 0.0687. The van der Waals surface area contributed by atoms with E-state index >= 15 is 0 Å². The van der Waals surface area contributed by atoms with Crippen molar-refractivity contribution in [1.82, 2.24) is 4.90 Å². The first-order valence-corrected chi connectivity index (χ1v) is 5.31. The van der Waals surface area contributed by atoms with E-state index in [0.717, 1.165) is 32.4 Å². The number of rotatable bonds is 5. The molecule has 1 rings (SSSR count). The van der Waals surface area contributed by atoms with Gasteiger partial charge in [-0.05, 0) is 26.3 Å². The van der Waals surface area contributed by atoms with Crippen molar-refractivity contribution in [3.8, 4) is 0 Å². The lowest BCUT2D eigenvalue weighted by Gasteiger charge is -2.28. The number of ether oxygens (including phenoxy) is 1. The average molecular weight is 199 g/mol. The summed E-state index contributed by atoms with van der Waals surface area (Å²) in [6, 6.07) is 0.0687. The van der Waals surface area contributed by atoms with Gasteiger partial charge in [-0.15, -0.1) is 0 Å². The predicted molar refractivity (Wildman–Crippen MR) is 57.6 cm³/mol. The molecule has 0 radical (unpaired) electrons. The maximum Gasteiger partial charge on any atom is 0.108 e. The lowest BCUT2D eigenvalue weighted by atomic mass is 10.1.